The molecule has 2 N–H and O–H groups in total. The van der Waals surface area contributed by atoms with Crippen LogP contribution >= 0.6 is 15.9 Å². The summed E-state index contributed by atoms with van der Waals surface area (Å²) in [6.07, 6.45) is 2.23. The van der Waals surface area contributed by atoms with Gasteiger partial charge in [0.25, 0.3) is 0 Å². The Hall–Kier alpha value is -1.26. The van der Waals surface area contributed by atoms with Crippen LogP contribution in [-0.4, -0.2) is 4.98 Å². The van der Waals surface area contributed by atoms with Crippen molar-refractivity contribution in [2.24, 2.45) is 5.73 Å². The van der Waals surface area contributed by atoms with Crippen LogP contribution in [-0.2, 0) is 6.42 Å². The third kappa shape index (κ3) is 3.11. The highest BCUT2D eigenvalue weighted by molar-refractivity contribution is 9.10. The maximum atomic E-state index is 13.6. The van der Waals surface area contributed by atoms with Gasteiger partial charge in [-0.2, -0.15) is 0 Å². The van der Waals surface area contributed by atoms with Crippen molar-refractivity contribution in [2.45, 2.75) is 12.5 Å². The molecule has 2 aromatic rings. The topological polar surface area (TPSA) is 38.9 Å². The molecule has 0 radical (unpaired) electrons. The van der Waals surface area contributed by atoms with E-state index in [0.29, 0.717) is 12.0 Å². The molecule has 1 aromatic heterocycles. The van der Waals surface area contributed by atoms with E-state index in [4.69, 9.17) is 5.73 Å². The van der Waals surface area contributed by atoms with Crippen molar-refractivity contribution >= 4 is 15.9 Å². The van der Waals surface area contributed by atoms with E-state index in [2.05, 4.69) is 20.9 Å². The number of halogens is 2. The minimum atomic E-state index is -0.387. The van der Waals surface area contributed by atoms with Crippen LogP contribution in [0.15, 0.2) is 47.1 Å². The Bertz CT molecular complexity index is 502. The summed E-state index contributed by atoms with van der Waals surface area (Å²) in [5.41, 5.74) is 7.36. The molecule has 0 aliphatic heterocycles. The van der Waals surface area contributed by atoms with Crippen LogP contribution in [0.25, 0.3) is 0 Å². The molecule has 0 aliphatic rings. The summed E-state index contributed by atoms with van der Waals surface area (Å²) in [7, 11) is 0. The standard InChI is InChI=1S/C13H12BrFN2/c14-9-4-5-12(15)11(7-9)13(16)8-10-3-1-2-6-17-10/h1-7,13H,8,16H2. The summed E-state index contributed by atoms with van der Waals surface area (Å²) in [6.45, 7) is 0. The van der Waals surface area contributed by atoms with Gasteiger partial charge in [0.1, 0.15) is 5.82 Å². The largest absolute Gasteiger partial charge is 0.324 e. The Labute approximate surface area is 108 Å². The van der Waals surface area contributed by atoms with E-state index in [1.54, 1.807) is 18.3 Å². The van der Waals surface area contributed by atoms with Crippen molar-refractivity contribution < 1.29 is 4.39 Å². The molecule has 1 heterocycles. The number of aromatic nitrogens is 1. The van der Waals surface area contributed by atoms with Crippen LogP contribution in [0.4, 0.5) is 4.39 Å². The third-order valence-corrected chi connectivity index (χ3v) is 3.01. The van der Waals surface area contributed by atoms with Gasteiger partial charge in [0.2, 0.25) is 0 Å². The van der Waals surface area contributed by atoms with Crippen molar-refractivity contribution in [3.05, 3.63) is 64.1 Å². The Kier molecular flexibility index (Phi) is 3.86. The van der Waals surface area contributed by atoms with Gasteiger partial charge in [-0.1, -0.05) is 22.0 Å². The normalized spacial score (nSPS) is 12.4. The lowest BCUT2D eigenvalue weighted by molar-refractivity contribution is 0.577. The third-order valence-electron chi connectivity index (χ3n) is 2.51. The van der Waals surface area contributed by atoms with Gasteiger partial charge in [-0.25, -0.2) is 4.39 Å². The highest BCUT2D eigenvalue weighted by atomic mass is 79.9. The Morgan fingerprint density at radius 2 is 2.12 bits per heavy atom. The van der Waals surface area contributed by atoms with Crippen LogP contribution in [0, 0.1) is 5.82 Å². The minimum Gasteiger partial charge on any atom is -0.324 e. The quantitative estimate of drug-likeness (QED) is 0.944. The van der Waals surface area contributed by atoms with Crippen molar-refractivity contribution in [3.8, 4) is 0 Å². The van der Waals surface area contributed by atoms with Gasteiger partial charge in [-0.05, 0) is 30.3 Å². The molecule has 0 fully saturated rings. The second kappa shape index (κ2) is 5.38. The molecule has 1 aromatic carbocycles. The highest BCUT2D eigenvalue weighted by Gasteiger charge is 2.12. The smallest absolute Gasteiger partial charge is 0.128 e. The van der Waals surface area contributed by atoms with E-state index in [-0.39, 0.29) is 11.9 Å². The minimum absolute atomic E-state index is 0.281. The molecule has 1 atom stereocenters. The molecule has 0 bridgehead atoms. The molecule has 4 heteroatoms. The molecule has 17 heavy (non-hydrogen) atoms. The van der Waals surface area contributed by atoms with Crippen molar-refractivity contribution in [2.75, 3.05) is 0 Å². The van der Waals surface area contributed by atoms with E-state index < -0.39 is 0 Å². The van der Waals surface area contributed by atoms with Gasteiger partial charge < -0.3 is 5.73 Å². The Morgan fingerprint density at radius 3 is 2.82 bits per heavy atom. The van der Waals surface area contributed by atoms with E-state index >= 15 is 0 Å². The molecule has 0 spiro atoms. The lowest BCUT2D eigenvalue weighted by Gasteiger charge is -2.12. The molecule has 1 unspecified atom stereocenters. The van der Waals surface area contributed by atoms with Gasteiger partial charge in [0.05, 0.1) is 0 Å². The molecule has 2 rings (SSSR count). The first-order valence-electron chi connectivity index (χ1n) is 5.27. The number of rotatable bonds is 3. The summed E-state index contributed by atoms with van der Waals surface area (Å²) < 4.78 is 14.4. The molecule has 88 valence electrons. The predicted molar refractivity (Wildman–Crippen MR) is 69.0 cm³/mol. The molecule has 2 nitrogen and oxygen atoms in total. The van der Waals surface area contributed by atoms with Crippen molar-refractivity contribution in [1.82, 2.24) is 4.98 Å². The fourth-order valence-electron chi connectivity index (χ4n) is 1.65. The fourth-order valence-corrected chi connectivity index (χ4v) is 2.03. The summed E-state index contributed by atoms with van der Waals surface area (Å²) in [6, 6.07) is 10.0. The molecule has 0 amide bonds. The van der Waals surface area contributed by atoms with Gasteiger partial charge in [-0.3, -0.25) is 4.98 Å². The van der Waals surface area contributed by atoms with Crippen LogP contribution < -0.4 is 5.73 Å². The number of benzene rings is 1. The average molecular weight is 295 g/mol. The second-order valence-corrected chi connectivity index (χ2v) is 4.71. The first-order valence-corrected chi connectivity index (χ1v) is 6.06. The maximum absolute atomic E-state index is 13.6. The number of nitrogens with two attached hydrogens (primary N) is 1. The molecule has 0 saturated carbocycles. The van der Waals surface area contributed by atoms with Crippen LogP contribution in [0.3, 0.4) is 0 Å². The summed E-state index contributed by atoms with van der Waals surface area (Å²) >= 11 is 3.31. The van der Waals surface area contributed by atoms with Crippen LogP contribution in [0.5, 0.6) is 0 Å². The molecular weight excluding hydrogens is 283 g/mol. The first kappa shape index (κ1) is 12.2. The average Bonchev–Trinajstić information content (AvgIpc) is 2.33. The van der Waals surface area contributed by atoms with Gasteiger partial charge in [0.15, 0.2) is 0 Å². The van der Waals surface area contributed by atoms with E-state index in [0.717, 1.165) is 10.2 Å². The lowest BCUT2D eigenvalue weighted by atomic mass is 10.0. The number of hydrogen-bond donors (Lipinski definition) is 1. The van der Waals surface area contributed by atoms with Crippen molar-refractivity contribution in [3.63, 3.8) is 0 Å². The Balaban J connectivity index is 2.20. The zero-order valence-electron chi connectivity index (χ0n) is 9.11. The Morgan fingerprint density at radius 1 is 1.29 bits per heavy atom. The lowest BCUT2D eigenvalue weighted by Crippen LogP contribution is -2.15. The molecule has 0 aliphatic carbocycles. The summed E-state index contributed by atoms with van der Waals surface area (Å²) in [5.74, 6) is -0.281. The van der Waals surface area contributed by atoms with Crippen LogP contribution in [0.1, 0.15) is 17.3 Å². The van der Waals surface area contributed by atoms with Crippen LogP contribution in [0.2, 0.25) is 0 Å². The van der Waals surface area contributed by atoms with E-state index in [9.17, 15) is 4.39 Å². The SMILES string of the molecule is NC(Cc1ccccn1)c1cc(Br)ccc1F. The number of pyridine rings is 1. The van der Waals surface area contributed by atoms with Crippen molar-refractivity contribution in [1.29, 1.82) is 0 Å². The highest BCUT2D eigenvalue weighted by Crippen LogP contribution is 2.22. The fraction of sp³-hybridized carbons (Fsp3) is 0.154. The number of hydrogen-bond acceptors (Lipinski definition) is 2. The molecular formula is C13H12BrFN2. The monoisotopic (exact) mass is 294 g/mol. The zero-order chi connectivity index (χ0) is 12.3. The molecule has 0 saturated heterocycles. The zero-order valence-corrected chi connectivity index (χ0v) is 10.7. The van der Waals surface area contributed by atoms with Gasteiger partial charge in [-0.15, -0.1) is 0 Å². The summed E-state index contributed by atoms with van der Waals surface area (Å²) in [5, 5.41) is 0. The maximum Gasteiger partial charge on any atom is 0.128 e. The van der Waals surface area contributed by atoms with E-state index in [1.807, 2.05) is 18.2 Å². The predicted octanol–water partition coefficient (Wildman–Crippen LogP) is 3.23. The first-order chi connectivity index (χ1) is 8.16. The number of nitrogens with zero attached hydrogens (tertiary/aromatic N) is 1. The van der Waals surface area contributed by atoms with E-state index in [1.165, 1.54) is 6.07 Å². The summed E-state index contributed by atoms with van der Waals surface area (Å²) in [4.78, 5) is 4.18. The van der Waals surface area contributed by atoms with Gasteiger partial charge in [0, 0.05) is 34.4 Å². The van der Waals surface area contributed by atoms with Gasteiger partial charge >= 0.3 is 0 Å². The second-order valence-electron chi connectivity index (χ2n) is 3.80.